The summed E-state index contributed by atoms with van der Waals surface area (Å²) in [5.41, 5.74) is 3.20. The SMILES string of the molecule is Cc1ccc(Cc2cc([C@@H]3O[C@H](CO)[C@@H](O)[C@H](O)[C@H]3O)sc2Cl)cc1. The molecule has 0 saturated carbocycles. The Bertz CT molecular complexity index is 715. The van der Waals surface area contributed by atoms with E-state index in [4.69, 9.17) is 16.3 Å². The molecule has 5 atom stereocenters. The quantitative estimate of drug-likeness (QED) is 0.645. The van der Waals surface area contributed by atoms with Crippen molar-refractivity contribution in [3.05, 3.63) is 56.2 Å². The van der Waals surface area contributed by atoms with E-state index in [1.54, 1.807) is 0 Å². The Labute approximate surface area is 155 Å². The van der Waals surface area contributed by atoms with E-state index in [0.29, 0.717) is 15.6 Å². The van der Waals surface area contributed by atoms with E-state index in [9.17, 15) is 20.4 Å². The number of halogens is 1. The number of aliphatic hydroxyl groups is 4. The molecule has 5 nitrogen and oxygen atoms in total. The summed E-state index contributed by atoms with van der Waals surface area (Å²) in [5.74, 6) is 0. The number of hydrogen-bond acceptors (Lipinski definition) is 6. The Hall–Kier alpha value is -0.990. The zero-order valence-corrected chi connectivity index (χ0v) is 15.2. The average Bonchev–Trinajstić information content (AvgIpc) is 2.95. The lowest BCUT2D eigenvalue weighted by Gasteiger charge is -2.39. The van der Waals surface area contributed by atoms with Crippen molar-refractivity contribution in [2.45, 2.75) is 43.9 Å². The Morgan fingerprint density at radius 3 is 2.40 bits per heavy atom. The first-order valence-corrected chi connectivity index (χ1v) is 9.24. The smallest absolute Gasteiger partial charge is 0.121 e. The van der Waals surface area contributed by atoms with Gasteiger partial charge in [-0.25, -0.2) is 0 Å². The summed E-state index contributed by atoms with van der Waals surface area (Å²) in [6, 6.07) is 10.00. The molecule has 0 radical (unpaired) electrons. The first-order chi connectivity index (χ1) is 11.9. The fourth-order valence-corrected chi connectivity index (χ4v) is 4.32. The minimum absolute atomic E-state index is 0.448. The Morgan fingerprint density at radius 2 is 1.76 bits per heavy atom. The lowest BCUT2D eigenvalue weighted by molar-refractivity contribution is -0.230. The molecule has 0 unspecified atom stereocenters. The summed E-state index contributed by atoms with van der Waals surface area (Å²) in [4.78, 5) is 0.656. The Morgan fingerprint density at radius 1 is 1.08 bits per heavy atom. The highest BCUT2D eigenvalue weighted by molar-refractivity contribution is 7.16. The standard InChI is InChI=1S/C18H21ClO5S/c1-9-2-4-10(5-3-9)6-11-7-13(25-18(11)19)17-16(23)15(22)14(21)12(8-20)24-17/h2-5,7,12,14-17,20-23H,6,8H2,1H3/t12-,14-,15+,16-,17+/m1/s1. The van der Waals surface area contributed by atoms with Crippen LogP contribution in [0.15, 0.2) is 30.3 Å². The molecule has 3 rings (SSSR count). The van der Waals surface area contributed by atoms with E-state index >= 15 is 0 Å². The second-order valence-electron chi connectivity index (χ2n) is 6.36. The predicted octanol–water partition coefficient (Wildman–Crippen LogP) is 1.82. The zero-order valence-electron chi connectivity index (χ0n) is 13.7. The van der Waals surface area contributed by atoms with Gasteiger partial charge in [-0.3, -0.25) is 0 Å². The van der Waals surface area contributed by atoms with Crippen LogP contribution in [0.25, 0.3) is 0 Å². The molecule has 0 amide bonds. The van der Waals surface area contributed by atoms with Gasteiger partial charge in [-0.1, -0.05) is 41.4 Å². The van der Waals surface area contributed by atoms with Crippen molar-refractivity contribution in [1.82, 2.24) is 0 Å². The Balaban J connectivity index is 1.82. The van der Waals surface area contributed by atoms with Gasteiger partial charge in [0.1, 0.15) is 30.5 Å². The first-order valence-electron chi connectivity index (χ1n) is 8.05. The third-order valence-electron chi connectivity index (χ3n) is 4.46. The highest BCUT2D eigenvalue weighted by Gasteiger charge is 2.44. The molecular formula is C18H21ClO5S. The van der Waals surface area contributed by atoms with E-state index in [0.717, 1.165) is 11.1 Å². The molecule has 1 fully saturated rings. The summed E-state index contributed by atoms with van der Waals surface area (Å²) in [5, 5.41) is 39.4. The summed E-state index contributed by atoms with van der Waals surface area (Å²) >= 11 is 7.62. The fourth-order valence-electron chi connectivity index (χ4n) is 2.95. The molecule has 1 saturated heterocycles. The van der Waals surface area contributed by atoms with Crippen LogP contribution in [-0.2, 0) is 11.2 Å². The van der Waals surface area contributed by atoms with Crippen LogP contribution in [0.5, 0.6) is 0 Å². The molecule has 25 heavy (non-hydrogen) atoms. The molecule has 1 aliphatic rings. The number of aliphatic hydroxyl groups excluding tert-OH is 4. The third-order valence-corrected chi connectivity index (χ3v) is 5.97. The topological polar surface area (TPSA) is 90.2 Å². The van der Waals surface area contributed by atoms with Gasteiger partial charge in [-0.2, -0.15) is 0 Å². The Kier molecular flexibility index (Phi) is 5.80. The lowest BCUT2D eigenvalue weighted by atomic mass is 9.94. The number of ether oxygens (including phenoxy) is 1. The molecule has 0 bridgehead atoms. The molecule has 7 heteroatoms. The molecule has 2 aromatic rings. The molecule has 2 heterocycles. The normalized spacial score (nSPS) is 29.8. The van der Waals surface area contributed by atoms with Crippen LogP contribution in [0.1, 0.15) is 27.7 Å². The lowest BCUT2D eigenvalue weighted by Crippen LogP contribution is -2.55. The van der Waals surface area contributed by atoms with Crippen molar-refractivity contribution in [2.24, 2.45) is 0 Å². The number of hydrogen-bond donors (Lipinski definition) is 4. The summed E-state index contributed by atoms with van der Waals surface area (Å²) < 4.78 is 6.18. The van der Waals surface area contributed by atoms with Gasteiger partial charge in [0, 0.05) is 4.88 Å². The van der Waals surface area contributed by atoms with Gasteiger partial charge in [0.15, 0.2) is 0 Å². The van der Waals surface area contributed by atoms with E-state index in [2.05, 4.69) is 0 Å². The van der Waals surface area contributed by atoms with Gasteiger partial charge in [0.25, 0.3) is 0 Å². The van der Waals surface area contributed by atoms with Crippen LogP contribution < -0.4 is 0 Å². The van der Waals surface area contributed by atoms with Crippen LogP contribution in [-0.4, -0.2) is 51.4 Å². The van der Waals surface area contributed by atoms with Crippen LogP contribution in [0.2, 0.25) is 4.34 Å². The average molecular weight is 385 g/mol. The number of aryl methyl sites for hydroxylation is 1. The molecule has 0 spiro atoms. The van der Waals surface area contributed by atoms with Crippen molar-refractivity contribution in [1.29, 1.82) is 0 Å². The largest absolute Gasteiger partial charge is 0.394 e. The van der Waals surface area contributed by atoms with Crippen molar-refractivity contribution in [3.8, 4) is 0 Å². The van der Waals surface area contributed by atoms with Crippen molar-refractivity contribution < 1.29 is 25.2 Å². The minimum atomic E-state index is -1.39. The van der Waals surface area contributed by atoms with Crippen LogP contribution in [0.4, 0.5) is 0 Å². The maximum atomic E-state index is 10.2. The number of rotatable bonds is 4. The highest BCUT2D eigenvalue weighted by Crippen LogP contribution is 2.39. The second-order valence-corrected chi connectivity index (χ2v) is 8.05. The maximum absolute atomic E-state index is 10.2. The number of thiophene rings is 1. The third kappa shape index (κ3) is 3.90. The molecule has 136 valence electrons. The van der Waals surface area contributed by atoms with Gasteiger partial charge in [0.05, 0.1) is 10.9 Å². The van der Waals surface area contributed by atoms with Crippen LogP contribution >= 0.6 is 22.9 Å². The number of benzene rings is 1. The highest BCUT2D eigenvalue weighted by atomic mass is 35.5. The van der Waals surface area contributed by atoms with Crippen molar-refractivity contribution >= 4 is 22.9 Å². The van der Waals surface area contributed by atoms with Gasteiger partial charge in [-0.05, 0) is 30.5 Å². The summed E-state index contributed by atoms with van der Waals surface area (Å²) in [6.45, 7) is 1.58. The molecule has 1 aliphatic heterocycles. The molecule has 1 aromatic carbocycles. The van der Waals surface area contributed by atoms with Gasteiger partial charge in [-0.15, -0.1) is 11.3 Å². The first kappa shape index (κ1) is 18.8. The van der Waals surface area contributed by atoms with Crippen molar-refractivity contribution in [3.63, 3.8) is 0 Å². The predicted molar refractivity (Wildman–Crippen MR) is 96.0 cm³/mol. The van der Waals surface area contributed by atoms with E-state index < -0.39 is 37.1 Å². The summed E-state index contributed by atoms with van der Waals surface area (Å²) in [6.07, 6.45) is -5.17. The van der Waals surface area contributed by atoms with E-state index in [1.807, 2.05) is 37.3 Å². The van der Waals surface area contributed by atoms with Gasteiger partial charge >= 0.3 is 0 Å². The zero-order chi connectivity index (χ0) is 18.1. The van der Waals surface area contributed by atoms with Crippen LogP contribution in [0.3, 0.4) is 0 Å². The van der Waals surface area contributed by atoms with E-state index in [1.165, 1.54) is 16.9 Å². The molecule has 1 aromatic heterocycles. The second kappa shape index (κ2) is 7.72. The molecule has 0 aliphatic carbocycles. The van der Waals surface area contributed by atoms with E-state index in [-0.39, 0.29) is 0 Å². The van der Waals surface area contributed by atoms with Gasteiger partial charge < -0.3 is 25.2 Å². The maximum Gasteiger partial charge on any atom is 0.121 e. The monoisotopic (exact) mass is 384 g/mol. The summed E-state index contributed by atoms with van der Waals surface area (Å²) in [7, 11) is 0. The molecular weight excluding hydrogens is 364 g/mol. The fraction of sp³-hybridized carbons (Fsp3) is 0.444. The van der Waals surface area contributed by atoms with Crippen LogP contribution in [0, 0.1) is 6.92 Å². The van der Waals surface area contributed by atoms with Crippen molar-refractivity contribution in [2.75, 3.05) is 6.61 Å². The molecule has 4 N–H and O–H groups in total. The van der Waals surface area contributed by atoms with Gasteiger partial charge in [0.2, 0.25) is 0 Å². The minimum Gasteiger partial charge on any atom is -0.394 e.